The van der Waals surface area contributed by atoms with E-state index in [-0.39, 0.29) is 0 Å². The van der Waals surface area contributed by atoms with Gasteiger partial charge in [-0.25, -0.2) is 0 Å². The maximum Gasteiger partial charge on any atom is 0.0575 e. The highest BCUT2D eigenvalue weighted by Crippen LogP contribution is 2.23. The lowest BCUT2D eigenvalue weighted by molar-refractivity contribution is 1.04. The van der Waals surface area contributed by atoms with Gasteiger partial charge in [0.25, 0.3) is 0 Å². The summed E-state index contributed by atoms with van der Waals surface area (Å²) in [6.45, 7) is 0.860. The molecule has 2 rings (SSSR count). The van der Waals surface area contributed by atoms with Crippen LogP contribution in [0.5, 0.6) is 0 Å². The van der Waals surface area contributed by atoms with Crippen LogP contribution in [0, 0.1) is 0 Å². The van der Waals surface area contributed by atoms with Gasteiger partial charge in [-0.3, -0.25) is 0 Å². The molecule has 0 saturated carbocycles. The Morgan fingerprint density at radius 3 is 2.82 bits per heavy atom. The Hall–Kier alpha value is -0.710. The first-order chi connectivity index (χ1) is 8.15. The summed E-state index contributed by atoms with van der Waals surface area (Å²) in [5, 5.41) is 6.06. The number of nitrogens with two attached hydrogens (primary N) is 1. The predicted molar refractivity (Wildman–Crippen MR) is 80.1 cm³/mol. The van der Waals surface area contributed by atoms with Crippen LogP contribution in [0.1, 0.15) is 4.88 Å². The molecule has 0 amide bonds. The third-order valence-corrected chi connectivity index (χ3v) is 4.31. The summed E-state index contributed by atoms with van der Waals surface area (Å²) in [4.78, 5) is 1.34. The quantitative estimate of drug-likeness (QED) is 0.815. The fourth-order valence-electron chi connectivity index (χ4n) is 1.50. The molecular weight excluding hydrogens is 320 g/mol. The van der Waals surface area contributed by atoms with E-state index in [0.29, 0.717) is 10.7 Å². The number of nitrogen functional groups attached to an aromatic ring is 1. The van der Waals surface area contributed by atoms with Crippen molar-refractivity contribution >= 4 is 50.2 Å². The van der Waals surface area contributed by atoms with E-state index in [1.165, 1.54) is 4.88 Å². The van der Waals surface area contributed by atoms with E-state index in [1.807, 2.05) is 12.1 Å². The molecule has 1 aromatic carbocycles. The van der Waals surface area contributed by atoms with Crippen molar-refractivity contribution in [2.45, 2.75) is 6.42 Å². The number of hydrogen-bond donors (Lipinski definition) is 2. The number of benzene rings is 1. The number of thiophene rings is 1. The van der Waals surface area contributed by atoms with E-state index in [2.05, 4.69) is 32.7 Å². The normalized spacial score (nSPS) is 10.5. The Morgan fingerprint density at radius 2 is 2.18 bits per heavy atom. The lowest BCUT2D eigenvalue weighted by Crippen LogP contribution is -2.05. The molecule has 5 heteroatoms. The van der Waals surface area contributed by atoms with Gasteiger partial charge >= 0.3 is 0 Å². The van der Waals surface area contributed by atoms with E-state index in [9.17, 15) is 0 Å². The fraction of sp³-hybridized carbons (Fsp3) is 0.167. The highest BCUT2D eigenvalue weighted by atomic mass is 79.9. The summed E-state index contributed by atoms with van der Waals surface area (Å²) in [5.41, 5.74) is 7.47. The smallest absolute Gasteiger partial charge is 0.0575 e. The predicted octanol–water partition coefficient (Wildman–Crippen LogP) is 4.40. The van der Waals surface area contributed by atoms with Crippen molar-refractivity contribution in [2.24, 2.45) is 0 Å². The minimum Gasteiger partial charge on any atom is -0.397 e. The van der Waals surface area contributed by atoms with Gasteiger partial charge in [0.15, 0.2) is 0 Å². The summed E-state index contributed by atoms with van der Waals surface area (Å²) >= 11 is 11.0. The van der Waals surface area contributed by atoms with E-state index < -0.39 is 0 Å². The van der Waals surface area contributed by atoms with Crippen LogP contribution in [-0.4, -0.2) is 6.54 Å². The molecule has 0 radical (unpaired) electrons. The zero-order valence-corrected chi connectivity index (χ0v) is 12.2. The number of rotatable bonds is 4. The van der Waals surface area contributed by atoms with Crippen LogP contribution in [0.3, 0.4) is 0 Å². The van der Waals surface area contributed by atoms with Gasteiger partial charge in [-0.2, -0.15) is 0 Å². The van der Waals surface area contributed by atoms with Crippen LogP contribution < -0.4 is 11.1 Å². The van der Waals surface area contributed by atoms with Crippen LogP contribution >= 0.6 is 38.9 Å². The monoisotopic (exact) mass is 330 g/mol. The molecule has 0 aliphatic carbocycles. The Balaban J connectivity index is 1.90. The van der Waals surface area contributed by atoms with E-state index >= 15 is 0 Å². The molecule has 90 valence electrons. The molecule has 0 spiro atoms. The minimum atomic E-state index is 0.662. The maximum atomic E-state index is 5.85. The molecule has 0 aliphatic rings. The van der Waals surface area contributed by atoms with Gasteiger partial charge < -0.3 is 11.1 Å². The first-order valence-electron chi connectivity index (χ1n) is 5.17. The fourth-order valence-corrected chi connectivity index (χ4v) is 3.14. The highest BCUT2D eigenvalue weighted by molar-refractivity contribution is 9.10. The molecule has 17 heavy (non-hydrogen) atoms. The van der Waals surface area contributed by atoms with Gasteiger partial charge in [-0.05, 0) is 46.6 Å². The van der Waals surface area contributed by atoms with E-state index in [4.69, 9.17) is 17.3 Å². The molecule has 0 bridgehead atoms. The van der Waals surface area contributed by atoms with Gasteiger partial charge in [-0.1, -0.05) is 11.6 Å². The SMILES string of the molecule is Nc1cc(Cl)ccc1NCCc1cc(Br)cs1. The molecule has 0 unspecified atom stereocenters. The molecule has 1 aromatic heterocycles. The molecule has 1 heterocycles. The molecular formula is C12H12BrClN2S. The topological polar surface area (TPSA) is 38.0 Å². The largest absolute Gasteiger partial charge is 0.397 e. The van der Waals surface area contributed by atoms with Gasteiger partial charge in [0.2, 0.25) is 0 Å². The van der Waals surface area contributed by atoms with Crippen molar-refractivity contribution < 1.29 is 0 Å². The maximum absolute atomic E-state index is 5.85. The standard InChI is InChI=1S/C12H12BrClN2S/c13-8-5-10(17-7-8)3-4-16-12-2-1-9(14)6-11(12)15/h1-2,5-7,16H,3-4,15H2. The van der Waals surface area contributed by atoms with Gasteiger partial charge in [0.1, 0.15) is 0 Å². The molecule has 0 saturated heterocycles. The number of anilines is 2. The van der Waals surface area contributed by atoms with Crippen LogP contribution in [0.15, 0.2) is 34.1 Å². The average molecular weight is 332 g/mol. The van der Waals surface area contributed by atoms with E-state index in [1.54, 1.807) is 17.4 Å². The summed E-state index contributed by atoms with van der Waals surface area (Å²) in [7, 11) is 0. The zero-order chi connectivity index (χ0) is 12.3. The summed E-state index contributed by atoms with van der Waals surface area (Å²) in [6.07, 6.45) is 0.984. The summed E-state index contributed by atoms with van der Waals surface area (Å²) < 4.78 is 1.14. The molecule has 3 N–H and O–H groups in total. The lowest BCUT2D eigenvalue weighted by atomic mass is 10.2. The Labute approximate surface area is 118 Å². The van der Waals surface area contributed by atoms with Crippen molar-refractivity contribution in [1.29, 1.82) is 0 Å². The lowest BCUT2D eigenvalue weighted by Gasteiger charge is -2.08. The van der Waals surface area contributed by atoms with Crippen molar-refractivity contribution in [3.8, 4) is 0 Å². The zero-order valence-electron chi connectivity index (χ0n) is 9.04. The van der Waals surface area contributed by atoms with Crippen molar-refractivity contribution in [1.82, 2.24) is 0 Å². The summed E-state index contributed by atoms with van der Waals surface area (Å²) in [5.74, 6) is 0. The first kappa shape index (κ1) is 12.7. The van der Waals surface area contributed by atoms with Gasteiger partial charge in [0.05, 0.1) is 11.4 Å². The van der Waals surface area contributed by atoms with Crippen LogP contribution in [0.2, 0.25) is 5.02 Å². The molecule has 2 nitrogen and oxygen atoms in total. The number of halogens is 2. The van der Waals surface area contributed by atoms with Crippen molar-refractivity contribution in [3.05, 3.63) is 44.0 Å². The molecule has 2 aromatic rings. The third kappa shape index (κ3) is 3.63. The molecule has 0 aliphatic heterocycles. The Kier molecular flexibility index (Phi) is 4.31. The third-order valence-electron chi connectivity index (χ3n) is 2.32. The number of hydrogen-bond acceptors (Lipinski definition) is 3. The Morgan fingerprint density at radius 1 is 1.35 bits per heavy atom. The molecule has 0 fully saturated rings. The highest BCUT2D eigenvalue weighted by Gasteiger charge is 2.01. The second kappa shape index (κ2) is 5.76. The van der Waals surface area contributed by atoms with Crippen molar-refractivity contribution in [2.75, 3.05) is 17.6 Å². The summed E-state index contributed by atoms with van der Waals surface area (Å²) in [6, 6.07) is 7.63. The van der Waals surface area contributed by atoms with Crippen LogP contribution in [0.4, 0.5) is 11.4 Å². The second-order valence-corrected chi connectivity index (χ2v) is 5.99. The van der Waals surface area contributed by atoms with Crippen LogP contribution in [0.25, 0.3) is 0 Å². The Bertz CT molecular complexity index is 513. The number of nitrogens with one attached hydrogen (secondary N) is 1. The van der Waals surface area contributed by atoms with Gasteiger partial charge in [-0.15, -0.1) is 11.3 Å². The van der Waals surface area contributed by atoms with Gasteiger partial charge in [0, 0.05) is 26.3 Å². The molecule has 0 atom stereocenters. The minimum absolute atomic E-state index is 0.662. The first-order valence-corrected chi connectivity index (χ1v) is 7.22. The average Bonchev–Trinajstić information content (AvgIpc) is 2.68. The van der Waals surface area contributed by atoms with E-state index in [0.717, 1.165) is 23.1 Å². The van der Waals surface area contributed by atoms with Crippen molar-refractivity contribution in [3.63, 3.8) is 0 Å². The second-order valence-electron chi connectivity index (χ2n) is 3.64. The van der Waals surface area contributed by atoms with Crippen LogP contribution in [-0.2, 0) is 6.42 Å².